The van der Waals surface area contributed by atoms with Crippen LogP contribution in [0, 0.1) is 5.41 Å². The molecule has 0 bridgehead atoms. The van der Waals surface area contributed by atoms with Crippen LogP contribution in [-0.2, 0) is 0 Å². The normalized spacial score (nSPS) is 14.9. The van der Waals surface area contributed by atoms with Crippen molar-refractivity contribution >= 4 is 5.91 Å². The third kappa shape index (κ3) is 4.45. The lowest BCUT2D eigenvalue weighted by atomic mass is 9.82. The standard InChI is InChI=1S/C23H25N5O2/c1-23(2,3)19(16-9-7-15(8-10-16)14-5-6-14)28-22(30)17-13-18(29)27-21(26-17)20-24-11-4-12-25-20/h4,7-14,19H,5-6H2,1-3H3,(H,28,30)(H,26,27,29). The number of benzene rings is 1. The van der Waals surface area contributed by atoms with E-state index in [9.17, 15) is 9.59 Å². The Kier molecular flexibility index (Phi) is 5.20. The Morgan fingerprint density at radius 1 is 1.13 bits per heavy atom. The van der Waals surface area contributed by atoms with Crippen molar-refractivity contribution in [3.63, 3.8) is 0 Å². The molecule has 2 aromatic heterocycles. The number of amides is 1. The summed E-state index contributed by atoms with van der Waals surface area (Å²) in [5.41, 5.74) is 1.74. The summed E-state index contributed by atoms with van der Waals surface area (Å²) in [4.78, 5) is 40.2. The van der Waals surface area contributed by atoms with E-state index in [-0.39, 0.29) is 28.8 Å². The maximum atomic E-state index is 13.0. The largest absolute Gasteiger partial charge is 0.343 e. The summed E-state index contributed by atoms with van der Waals surface area (Å²) in [5.74, 6) is 0.687. The van der Waals surface area contributed by atoms with Gasteiger partial charge in [0.2, 0.25) is 0 Å². The molecule has 1 aromatic carbocycles. The molecule has 7 heteroatoms. The molecular weight excluding hydrogens is 378 g/mol. The van der Waals surface area contributed by atoms with Gasteiger partial charge >= 0.3 is 0 Å². The van der Waals surface area contributed by atoms with Crippen molar-refractivity contribution in [3.8, 4) is 11.6 Å². The predicted octanol–water partition coefficient (Wildman–Crippen LogP) is 3.62. The number of aromatic amines is 1. The summed E-state index contributed by atoms with van der Waals surface area (Å²) >= 11 is 0. The Morgan fingerprint density at radius 2 is 1.80 bits per heavy atom. The molecule has 1 aliphatic carbocycles. The number of nitrogens with zero attached hydrogens (tertiary/aromatic N) is 3. The molecule has 0 saturated heterocycles. The number of carbonyl (C=O) groups excluding carboxylic acids is 1. The smallest absolute Gasteiger partial charge is 0.270 e. The van der Waals surface area contributed by atoms with Crippen LogP contribution in [0.1, 0.15) is 67.2 Å². The second kappa shape index (κ2) is 7.82. The van der Waals surface area contributed by atoms with Crippen molar-refractivity contribution in [2.45, 2.75) is 45.6 Å². The van der Waals surface area contributed by atoms with Gasteiger partial charge in [-0.1, -0.05) is 45.0 Å². The Morgan fingerprint density at radius 3 is 2.40 bits per heavy atom. The molecule has 1 atom stereocenters. The van der Waals surface area contributed by atoms with Crippen LogP contribution in [0.3, 0.4) is 0 Å². The van der Waals surface area contributed by atoms with Gasteiger partial charge in [0.15, 0.2) is 11.6 Å². The van der Waals surface area contributed by atoms with E-state index in [2.05, 4.69) is 70.3 Å². The van der Waals surface area contributed by atoms with Crippen LogP contribution in [0.2, 0.25) is 0 Å². The van der Waals surface area contributed by atoms with E-state index in [0.29, 0.717) is 5.92 Å². The molecule has 0 spiro atoms. The highest BCUT2D eigenvalue weighted by atomic mass is 16.2. The summed E-state index contributed by atoms with van der Waals surface area (Å²) in [6, 6.07) is 11.1. The molecule has 1 saturated carbocycles. The summed E-state index contributed by atoms with van der Waals surface area (Å²) in [6.45, 7) is 6.21. The summed E-state index contributed by atoms with van der Waals surface area (Å²) in [7, 11) is 0. The average molecular weight is 403 g/mol. The van der Waals surface area contributed by atoms with Crippen LogP contribution < -0.4 is 10.9 Å². The third-order valence-electron chi connectivity index (χ3n) is 5.21. The van der Waals surface area contributed by atoms with Gasteiger partial charge in [-0.25, -0.2) is 15.0 Å². The Labute approximate surface area is 175 Å². The zero-order valence-electron chi connectivity index (χ0n) is 17.3. The van der Waals surface area contributed by atoms with Crippen molar-refractivity contribution in [2.24, 2.45) is 5.41 Å². The van der Waals surface area contributed by atoms with Gasteiger partial charge in [0.25, 0.3) is 11.5 Å². The summed E-state index contributed by atoms with van der Waals surface area (Å²) < 4.78 is 0. The van der Waals surface area contributed by atoms with E-state index in [1.807, 2.05) is 0 Å². The maximum Gasteiger partial charge on any atom is 0.270 e. The molecule has 1 fully saturated rings. The molecule has 1 unspecified atom stereocenters. The molecular formula is C23H25N5O2. The number of hydrogen-bond donors (Lipinski definition) is 2. The van der Waals surface area contributed by atoms with E-state index >= 15 is 0 Å². The molecule has 7 nitrogen and oxygen atoms in total. The van der Waals surface area contributed by atoms with Gasteiger partial charge in [-0.2, -0.15) is 0 Å². The second-order valence-corrected chi connectivity index (χ2v) is 8.77. The van der Waals surface area contributed by atoms with Crippen LogP contribution in [0.25, 0.3) is 11.6 Å². The van der Waals surface area contributed by atoms with Crippen LogP contribution in [0.4, 0.5) is 0 Å². The zero-order chi connectivity index (χ0) is 21.3. The first-order chi connectivity index (χ1) is 14.3. The van der Waals surface area contributed by atoms with Gasteiger partial charge in [0.05, 0.1) is 6.04 Å². The topological polar surface area (TPSA) is 101 Å². The third-order valence-corrected chi connectivity index (χ3v) is 5.21. The first kappa shape index (κ1) is 19.9. The van der Waals surface area contributed by atoms with Crippen molar-refractivity contribution in [2.75, 3.05) is 0 Å². The van der Waals surface area contributed by atoms with E-state index in [0.717, 1.165) is 5.56 Å². The molecule has 0 radical (unpaired) electrons. The van der Waals surface area contributed by atoms with E-state index in [4.69, 9.17) is 0 Å². The second-order valence-electron chi connectivity index (χ2n) is 8.77. The Balaban J connectivity index is 1.61. The minimum atomic E-state index is -0.432. The van der Waals surface area contributed by atoms with Crippen LogP contribution >= 0.6 is 0 Å². The quantitative estimate of drug-likeness (QED) is 0.678. The molecule has 154 valence electrons. The van der Waals surface area contributed by atoms with E-state index < -0.39 is 11.5 Å². The number of nitrogens with one attached hydrogen (secondary N) is 2. The van der Waals surface area contributed by atoms with Crippen LogP contribution in [0.5, 0.6) is 0 Å². The van der Waals surface area contributed by atoms with Crippen LogP contribution in [0.15, 0.2) is 53.6 Å². The summed E-state index contributed by atoms with van der Waals surface area (Å²) in [5, 5.41) is 3.06. The first-order valence-electron chi connectivity index (χ1n) is 10.1. The Hall–Kier alpha value is -3.35. The monoisotopic (exact) mass is 403 g/mol. The van der Waals surface area contributed by atoms with E-state index in [1.54, 1.807) is 18.5 Å². The zero-order valence-corrected chi connectivity index (χ0v) is 17.3. The fraction of sp³-hybridized carbons (Fsp3) is 0.348. The molecule has 2 heterocycles. The molecule has 4 rings (SSSR count). The minimum absolute atomic E-state index is 0.0325. The molecule has 30 heavy (non-hydrogen) atoms. The highest BCUT2D eigenvalue weighted by Crippen LogP contribution is 2.41. The molecule has 1 amide bonds. The number of hydrogen-bond acceptors (Lipinski definition) is 5. The highest BCUT2D eigenvalue weighted by Gasteiger charge is 2.30. The van der Waals surface area contributed by atoms with Gasteiger partial charge in [-0.3, -0.25) is 9.59 Å². The lowest BCUT2D eigenvalue weighted by Crippen LogP contribution is -2.37. The average Bonchev–Trinajstić information content (AvgIpc) is 3.57. The fourth-order valence-electron chi connectivity index (χ4n) is 3.48. The van der Waals surface area contributed by atoms with Crippen LogP contribution in [-0.4, -0.2) is 25.8 Å². The number of aromatic nitrogens is 4. The lowest BCUT2D eigenvalue weighted by Gasteiger charge is -2.32. The molecule has 3 aromatic rings. The van der Waals surface area contributed by atoms with Gasteiger partial charge in [-0.05, 0) is 41.4 Å². The lowest BCUT2D eigenvalue weighted by molar-refractivity contribution is 0.0896. The molecule has 1 aliphatic rings. The van der Waals surface area contributed by atoms with Crippen molar-refractivity contribution in [1.29, 1.82) is 0 Å². The number of carbonyl (C=O) groups is 1. The SMILES string of the molecule is CC(C)(C)C(NC(=O)c1cc(=O)[nH]c(-c2ncccn2)n1)c1ccc(C2CC2)cc1. The van der Waals surface area contributed by atoms with Crippen molar-refractivity contribution in [3.05, 3.63) is 76.0 Å². The van der Waals surface area contributed by atoms with E-state index in [1.165, 1.54) is 24.5 Å². The number of H-pyrrole nitrogens is 1. The van der Waals surface area contributed by atoms with Gasteiger partial charge in [0.1, 0.15) is 5.69 Å². The predicted molar refractivity (Wildman–Crippen MR) is 114 cm³/mol. The van der Waals surface area contributed by atoms with Crippen molar-refractivity contribution < 1.29 is 4.79 Å². The van der Waals surface area contributed by atoms with Gasteiger partial charge < -0.3 is 10.3 Å². The van der Waals surface area contributed by atoms with Gasteiger partial charge in [-0.15, -0.1) is 0 Å². The molecule has 0 aliphatic heterocycles. The highest BCUT2D eigenvalue weighted by molar-refractivity contribution is 5.92. The minimum Gasteiger partial charge on any atom is -0.343 e. The maximum absolute atomic E-state index is 13.0. The summed E-state index contributed by atoms with van der Waals surface area (Å²) in [6.07, 6.45) is 5.60. The Bertz CT molecular complexity index is 1100. The molecule has 2 N–H and O–H groups in total. The van der Waals surface area contributed by atoms with Crippen molar-refractivity contribution in [1.82, 2.24) is 25.3 Å². The first-order valence-corrected chi connectivity index (χ1v) is 10.1. The fourth-order valence-corrected chi connectivity index (χ4v) is 3.48. The number of rotatable bonds is 5. The van der Waals surface area contributed by atoms with Gasteiger partial charge in [0, 0.05) is 18.5 Å².